The van der Waals surface area contributed by atoms with Gasteiger partial charge in [-0.15, -0.1) is 0 Å². The molecule has 1 fully saturated rings. The third kappa shape index (κ3) is 4.76. The molecule has 1 aliphatic rings. The first-order valence-corrected chi connectivity index (χ1v) is 8.71. The number of aromatic nitrogens is 2. The van der Waals surface area contributed by atoms with E-state index in [1.165, 1.54) is 11.1 Å². The second kappa shape index (κ2) is 8.22. The average molecular weight is 326 g/mol. The molecule has 5 nitrogen and oxygen atoms in total. The molecule has 128 valence electrons. The predicted molar refractivity (Wildman–Crippen MR) is 95.5 cm³/mol. The molecular weight excluding hydrogens is 300 g/mol. The molecule has 0 radical (unpaired) electrons. The first-order valence-electron chi connectivity index (χ1n) is 8.71. The van der Waals surface area contributed by atoms with E-state index in [1.807, 2.05) is 6.92 Å². The summed E-state index contributed by atoms with van der Waals surface area (Å²) in [5, 5.41) is 4.04. The van der Waals surface area contributed by atoms with Gasteiger partial charge in [0.05, 0.1) is 6.54 Å². The quantitative estimate of drug-likeness (QED) is 0.817. The number of aryl methyl sites for hydroxylation is 1. The maximum absolute atomic E-state index is 5.18. The van der Waals surface area contributed by atoms with Crippen LogP contribution in [0.4, 0.5) is 0 Å². The van der Waals surface area contributed by atoms with Crippen LogP contribution < -0.4 is 0 Å². The Kier molecular flexibility index (Phi) is 5.77. The topological polar surface area (TPSA) is 45.4 Å². The summed E-state index contributed by atoms with van der Waals surface area (Å²) in [5.41, 5.74) is 2.68. The van der Waals surface area contributed by atoms with Gasteiger partial charge in [-0.1, -0.05) is 54.1 Å². The summed E-state index contributed by atoms with van der Waals surface area (Å²) < 4.78 is 5.18. The van der Waals surface area contributed by atoms with Crippen molar-refractivity contribution in [2.75, 3.05) is 32.7 Å². The van der Waals surface area contributed by atoms with Crippen LogP contribution in [0.5, 0.6) is 0 Å². The summed E-state index contributed by atoms with van der Waals surface area (Å²) in [6.45, 7) is 10.3. The zero-order chi connectivity index (χ0) is 16.8. The van der Waals surface area contributed by atoms with Crippen LogP contribution in [-0.4, -0.2) is 52.7 Å². The second-order valence-electron chi connectivity index (χ2n) is 6.41. The van der Waals surface area contributed by atoms with Crippen LogP contribution in [0.1, 0.15) is 31.1 Å². The highest BCUT2D eigenvalue weighted by Gasteiger charge is 2.18. The monoisotopic (exact) mass is 326 g/mol. The molecule has 0 spiro atoms. The summed E-state index contributed by atoms with van der Waals surface area (Å²) >= 11 is 0. The Labute approximate surface area is 144 Å². The molecule has 1 saturated heterocycles. The second-order valence-corrected chi connectivity index (χ2v) is 6.41. The van der Waals surface area contributed by atoms with Crippen LogP contribution in [0.2, 0.25) is 0 Å². The zero-order valence-corrected chi connectivity index (χ0v) is 14.6. The van der Waals surface area contributed by atoms with E-state index < -0.39 is 0 Å². The minimum Gasteiger partial charge on any atom is -0.339 e. The molecule has 0 aliphatic carbocycles. The predicted octanol–water partition coefficient (Wildman–Crippen LogP) is 2.85. The Morgan fingerprint density at radius 2 is 1.83 bits per heavy atom. The van der Waals surface area contributed by atoms with E-state index in [0.717, 1.165) is 57.4 Å². The maximum atomic E-state index is 5.18. The van der Waals surface area contributed by atoms with Gasteiger partial charge in [0.25, 0.3) is 0 Å². The number of nitrogens with zero attached hydrogens (tertiary/aromatic N) is 4. The average Bonchev–Trinajstić information content (AvgIpc) is 3.05. The van der Waals surface area contributed by atoms with Gasteiger partial charge in [0, 0.05) is 39.1 Å². The SMILES string of the molecule is CCc1nc(CN2CCN(CC(C)=Cc3ccccc3)CC2)no1. The van der Waals surface area contributed by atoms with Gasteiger partial charge in [-0.05, 0) is 12.5 Å². The number of hydrogen-bond donors (Lipinski definition) is 0. The molecule has 2 heterocycles. The fourth-order valence-corrected chi connectivity index (χ4v) is 3.04. The van der Waals surface area contributed by atoms with Crippen molar-refractivity contribution in [3.63, 3.8) is 0 Å². The van der Waals surface area contributed by atoms with Crippen molar-refractivity contribution in [1.29, 1.82) is 0 Å². The van der Waals surface area contributed by atoms with Crippen LogP contribution in [0.3, 0.4) is 0 Å². The van der Waals surface area contributed by atoms with Crippen LogP contribution in [-0.2, 0) is 13.0 Å². The highest BCUT2D eigenvalue weighted by molar-refractivity contribution is 5.52. The molecule has 0 bridgehead atoms. The van der Waals surface area contributed by atoms with E-state index >= 15 is 0 Å². The van der Waals surface area contributed by atoms with Crippen molar-refractivity contribution in [2.45, 2.75) is 26.8 Å². The fraction of sp³-hybridized carbons (Fsp3) is 0.474. The zero-order valence-electron chi connectivity index (χ0n) is 14.6. The van der Waals surface area contributed by atoms with E-state index in [1.54, 1.807) is 0 Å². The minimum atomic E-state index is 0.727. The Bertz CT molecular complexity index is 657. The van der Waals surface area contributed by atoms with Crippen molar-refractivity contribution in [1.82, 2.24) is 19.9 Å². The first kappa shape index (κ1) is 16.9. The lowest BCUT2D eigenvalue weighted by atomic mass is 10.1. The van der Waals surface area contributed by atoms with Crippen molar-refractivity contribution in [2.24, 2.45) is 0 Å². The smallest absolute Gasteiger partial charge is 0.226 e. The van der Waals surface area contributed by atoms with Gasteiger partial charge < -0.3 is 4.52 Å². The molecule has 1 aliphatic heterocycles. The lowest BCUT2D eigenvalue weighted by Crippen LogP contribution is -2.46. The van der Waals surface area contributed by atoms with Gasteiger partial charge in [0.2, 0.25) is 5.89 Å². The summed E-state index contributed by atoms with van der Waals surface area (Å²) in [5.74, 6) is 1.53. The van der Waals surface area contributed by atoms with Gasteiger partial charge in [-0.25, -0.2) is 0 Å². The molecule has 0 N–H and O–H groups in total. The summed E-state index contributed by atoms with van der Waals surface area (Å²) in [7, 11) is 0. The number of piperazine rings is 1. The third-order valence-corrected chi connectivity index (χ3v) is 4.33. The van der Waals surface area contributed by atoms with Gasteiger partial charge in [0.1, 0.15) is 0 Å². The standard InChI is InChI=1S/C19H26N4O/c1-3-19-20-18(21-24-19)15-23-11-9-22(10-12-23)14-16(2)13-17-7-5-4-6-8-17/h4-8,13H,3,9-12,14-15H2,1-2H3. The number of hydrogen-bond acceptors (Lipinski definition) is 5. The molecule has 1 aromatic carbocycles. The Hall–Kier alpha value is -1.98. The van der Waals surface area contributed by atoms with E-state index in [-0.39, 0.29) is 0 Å². The van der Waals surface area contributed by atoms with E-state index in [9.17, 15) is 0 Å². The lowest BCUT2D eigenvalue weighted by Gasteiger charge is -2.34. The van der Waals surface area contributed by atoms with Crippen LogP contribution >= 0.6 is 0 Å². The summed E-state index contributed by atoms with van der Waals surface area (Å²) in [6, 6.07) is 10.5. The van der Waals surface area contributed by atoms with Crippen molar-refractivity contribution < 1.29 is 4.52 Å². The molecule has 0 saturated carbocycles. The molecule has 24 heavy (non-hydrogen) atoms. The molecule has 0 unspecified atom stereocenters. The normalized spacial score (nSPS) is 17.3. The highest BCUT2D eigenvalue weighted by Crippen LogP contribution is 2.11. The van der Waals surface area contributed by atoms with Crippen LogP contribution in [0.25, 0.3) is 6.08 Å². The third-order valence-electron chi connectivity index (χ3n) is 4.33. The van der Waals surface area contributed by atoms with Crippen LogP contribution in [0, 0.1) is 0 Å². The molecule has 0 atom stereocenters. The van der Waals surface area contributed by atoms with Gasteiger partial charge >= 0.3 is 0 Å². The molecule has 3 rings (SSSR count). The summed E-state index contributed by atoms with van der Waals surface area (Å²) in [4.78, 5) is 9.31. The minimum absolute atomic E-state index is 0.727. The van der Waals surface area contributed by atoms with Gasteiger partial charge in [-0.3, -0.25) is 9.80 Å². The van der Waals surface area contributed by atoms with Crippen molar-refractivity contribution in [3.8, 4) is 0 Å². The summed E-state index contributed by atoms with van der Waals surface area (Å²) in [6.07, 6.45) is 3.08. The van der Waals surface area contributed by atoms with Crippen molar-refractivity contribution >= 4 is 6.08 Å². The fourth-order valence-electron chi connectivity index (χ4n) is 3.04. The molecular formula is C19H26N4O. The number of benzene rings is 1. The highest BCUT2D eigenvalue weighted by atomic mass is 16.5. The maximum Gasteiger partial charge on any atom is 0.226 e. The molecule has 1 aromatic heterocycles. The van der Waals surface area contributed by atoms with E-state index in [4.69, 9.17) is 4.52 Å². The van der Waals surface area contributed by atoms with Gasteiger partial charge in [-0.2, -0.15) is 4.98 Å². The van der Waals surface area contributed by atoms with E-state index in [2.05, 4.69) is 63.3 Å². The Morgan fingerprint density at radius 1 is 1.12 bits per heavy atom. The van der Waals surface area contributed by atoms with Crippen LogP contribution in [0.15, 0.2) is 40.4 Å². The molecule has 5 heteroatoms. The number of rotatable bonds is 6. The molecule has 2 aromatic rings. The lowest BCUT2D eigenvalue weighted by molar-refractivity contribution is 0.132. The first-order chi connectivity index (χ1) is 11.7. The van der Waals surface area contributed by atoms with Crippen molar-refractivity contribution in [3.05, 3.63) is 53.2 Å². The molecule has 0 amide bonds. The largest absolute Gasteiger partial charge is 0.339 e. The Morgan fingerprint density at radius 3 is 2.50 bits per heavy atom. The Balaban J connectivity index is 1.45. The van der Waals surface area contributed by atoms with Gasteiger partial charge in [0.15, 0.2) is 5.82 Å². The van der Waals surface area contributed by atoms with E-state index in [0.29, 0.717) is 0 Å².